The highest BCUT2D eigenvalue weighted by atomic mass is 16.5. The van der Waals surface area contributed by atoms with Gasteiger partial charge in [-0.3, -0.25) is 58.0 Å². The Hall–Kier alpha value is -14.7. The van der Waals surface area contributed by atoms with Gasteiger partial charge in [0.15, 0.2) is 0 Å². The van der Waals surface area contributed by atoms with Crippen LogP contribution in [0.4, 0.5) is 0 Å². The van der Waals surface area contributed by atoms with E-state index in [1.807, 2.05) is 159 Å². The second kappa shape index (κ2) is 33.3. The van der Waals surface area contributed by atoms with Crippen LogP contribution in [0.15, 0.2) is 182 Å². The third kappa shape index (κ3) is 13.0. The van der Waals surface area contributed by atoms with Gasteiger partial charge < -0.3 is 28.4 Å². The lowest BCUT2D eigenvalue weighted by Gasteiger charge is -2.36. The summed E-state index contributed by atoms with van der Waals surface area (Å²) in [6, 6.07) is 55.7. The monoisotopic (exact) mass is 1780 g/mol. The largest absolute Gasteiger partial charge is 0.493 e. The summed E-state index contributed by atoms with van der Waals surface area (Å²) >= 11 is 0. The molecule has 0 unspecified atom stereocenters. The molecule has 134 heavy (non-hydrogen) atoms. The minimum absolute atomic E-state index is 0.0529. The minimum Gasteiger partial charge on any atom is -0.493 e. The van der Waals surface area contributed by atoms with Crippen molar-refractivity contribution in [2.75, 3.05) is 39.5 Å². The molecular formula is C114H96N4O16. The van der Waals surface area contributed by atoms with E-state index in [1.54, 1.807) is 36.4 Å². The van der Waals surface area contributed by atoms with Gasteiger partial charge in [-0.15, -0.1) is 0 Å². The molecule has 2 aliphatic carbocycles. The summed E-state index contributed by atoms with van der Waals surface area (Å²) in [4.78, 5) is 153. The maximum atomic E-state index is 15.2. The number of esters is 2. The Balaban J connectivity index is 0.574. The molecule has 0 spiro atoms. The smallest absolute Gasteiger partial charge is 0.339 e. The molecule has 4 aliphatic heterocycles. The molecule has 2 saturated carbocycles. The molecule has 23 rings (SSSR count). The summed E-state index contributed by atoms with van der Waals surface area (Å²) < 4.78 is 40.4. The molecule has 6 aliphatic rings. The molecule has 4 heterocycles. The summed E-state index contributed by atoms with van der Waals surface area (Å²) in [5.41, 5.74) is 5.70. The van der Waals surface area contributed by atoms with Gasteiger partial charge in [0.05, 0.1) is 37.6 Å². The molecule has 2 fully saturated rings. The van der Waals surface area contributed by atoms with Gasteiger partial charge in [-0.2, -0.15) is 0 Å². The summed E-state index contributed by atoms with van der Waals surface area (Å²) in [5, 5.41) is 16.7. The van der Waals surface area contributed by atoms with Crippen LogP contribution >= 0.6 is 0 Å². The Morgan fingerprint density at radius 2 is 0.582 bits per heavy atom. The van der Waals surface area contributed by atoms with E-state index < -0.39 is 35.6 Å². The average Bonchev–Trinajstić information content (AvgIpc) is 0.697. The molecule has 17 aromatic carbocycles. The summed E-state index contributed by atoms with van der Waals surface area (Å²) in [7, 11) is 0. The number of carbonyl (C=O) groups excluding carboxylic acids is 10. The number of hydrogen-bond acceptors (Lipinski definition) is 16. The summed E-state index contributed by atoms with van der Waals surface area (Å²) in [6.45, 7) is 9.29. The van der Waals surface area contributed by atoms with Crippen LogP contribution in [0.5, 0.6) is 34.5 Å². The lowest BCUT2D eigenvalue weighted by molar-refractivity contribution is 0.0487. The lowest BCUT2D eigenvalue weighted by atomic mass is 9.81. The highest BCUT2D eigenvalue weighted by molar-refractivity contribution is 6.45. The first-order valence-corrected chi connectivity index (χ1v) is 47.8. The van der Waals surface area contributed by atoms with Gasteiger partial charge in [-0.25, -0.2) is 9.59 Å². The Morgan fingerprint density at radius 1 is 0.276 bits per heavy atom. The van der Waals surface area contributed by atoms with Crippen LogP contribution in [0.1, 0.15) is 258 Å². The van der Waals surface area contributed by atoms with E-state index >= 15 is 24.0 Å². The molecule has 8 amide bonds. The van der Waals surface area contributed by atoms with Gasteiger partial charge in [-0.1, -0.05) is 171 Å². The van der Waals surface area contributed by atoms with E-state index in [0.717, 1.165) is 172 Å². The maximum absolute atomic E-state index is 15.2. The fourth-order valence-electron chi connectivity index (χ4n) is 22.7. The first-order valence-electron chi connectivity index (χ1n) is 47.8. The van der Waals surface area contributed by atoms with E-state index in [-0.39, 0.29) is 85.3 Å². The average molecular weight is 1780 g/mol. The molecule has 0 bridgehead atoms. The van der Waals surface area contributed by atoms with Crippen molar-refractivity contribution in [2.24, 2.45) is 0 Å². The predicted octanol–water partition coefficient (Wildman–Crippen LogP) is 25.2. The fourth-order valence-corrected chi connectivity index (χ4v) is 22.7. The SMILES string of the molecule is CCCCOC(=O)c1ccc2c3c(Oc4ccc(CCN5C(=O)c6ccc7c8ccc9c%10c(ccc(c%11ccc(c6c7%11)C5=O)c%108)C(=O)N(C5CCCCC5)C9=O)cc4)cc(C(=O)OCCCC)c4c(OCCCC)ccc(c5c(Oc6ccc(CCN7C(=O)c8ccc9c%10ccc%11c%12c(ccc(c%13ccc(c8c9%13)C7=O)c%12%10)C(=O)N(C7CCCCC7)C%11=O)cc6)cc(OCCCC)c1c25)c43. The maximum Gasteiger partial charge on any atom is 0.339 e. The normalized spacial score (nSPS) is 15.6. The topological polar surface area (TPSA) is 239 Å². The molecule has 17 aromatic rings. The number of nitrogens with zero attached hydrogens (tertiary/aromatic N) is 4. The number of rotatable bonds is 28. The Labute approximate surface area is 770 Å². The zero-order valence-electron chi connectivity index (χ0n) is 75.2. The van der Waals surface area contributed by atoms with Gasteiger partial charge in [-0.05, 0) is 248 Å². The van der Waals surface area contributed by atoms with Gasteiger partial charge in [0.2, 0.25) is 0 Å². The quantitative estimate of drug-likeness (QED) is 0.0146. The lowest BCUT2D eigenvalue weighted by Crippen LogP contribution is -2.47. The van der Waals surface area contributed by atoms with Crippen molar-refractivity contribution < 1.29 is 76.4 Å². The third-order valence-corrected chi connectivity index (χ3v) is 29.3. The predicted molar refractivity (Wildman–Crippen MR) is 520 cm³/mol. The van der Waals surface area contributed by atoms with Crippen molar-refractivity contribution in [1.29, 1.82) is 0 Å². The number of carbonyl (C=O) groups is 10. The number of amides is 8. The van der Waals surface area contributed by atoms with Crippen LogP contribution in [0.25, 0.3) is 129 Å². The second-order valence-electron chi connectivity index (χ2n) is 37.0. The van der Waals surface area contributed by atoms with Crippen molar-refractivity contribution in [2.45, 2.75) is 168 Å². The Morgan fingerprint density at radius 3 is 0.940 bits per heavy atom. The summed E-state index contributed by atoms with van der Waals surface area (Å²) in [5.74, 6) is -1.60. The zero-order valence-corrected chi connectivity index (χ0v) is 75.2. The molecule has 0 aromatic heterocycles. The van der Waals surface area contributed by atoms with E-state index in [9.17, 15) is 24.0 Å². The second-order valence-corrected chi connectivity index (χ2v) is 37.0. The zero-order chi connectivity index (χ0) is 91.3. The first kappa shape index (κ1) is 83.7. The van der Waals surface area contributed by atoms with Crippen molar-refractivity contribution in [3.8, 4) is 34.5 Å². The van der Waals surface area contributed by atoms with E-state index in [2.05, 4.69) is 13.8 Å². The molecular weight excluding hydrogens is 1680 g/mol. The Kier molecular flexibility index (Phi) is 20.8. The van der Waals surface area contributed by atoms with E-state index in [0.29, 0.717) is 177 Å². The first-order chi connectivity index (χ1) is 65.5. The standard InChI is InChI=1S/C114H96N4O16/c1-5-9-55-129-87-50-49-76-100-90(134-66-29-25-62(26-30-66)52-54-116-107(121)79-42-33-69-73-37-46-83-98-84(112(126)118(111(83)125)64-21-17-14-18-22-64)47-38-74(94(73)98)70-34-43-80(108(116)122)96(79)92(69)70)60-88(130-56-10-6-2)101-85(113(127)131-57-11-7-3)48-39-75(103(100)101)99-89(59-86(102(87)104(76)99)114(128)132-58-12-8-4)133-65-27-23-61(24-28-65)51-53-115-105(119)77-40-31-67-71-35-44-81-97-82(110(124)117(109(81)123)63-19-15-13-16-20-63)45-36-72(93(71)97)68-32-41-78(106(115)120)95(77)91(67)68/h23-50,59-60,63-64H,5-22,51-58H2,1-4H3. The number of ether oxygens (including phenoxy) is 6. The summed E-state index contributed by atoms with van der Waals surface area (Å²) in [6.07, 6.45) is 15.7. The van der Waals surface area contributed by atoms with Crippen molar-refractivity contribution >= 4 is 188 Å². The molecule has 0 atom stereocenters. The van der Waals surface area contributed by atoms with Crippen LogP contribution in [0.2, 0.25) is 0 Å². The third-order valence-electron chi connectivity index (χ3n) is 29.3. The van der Waals surface area contributed by atoms with Crippen LogP contribution in [-0.2, 0) is 22.3 Å². The number of benzene rings is 17. The molecule has 0 radical (unpaired) electrons. The molecule has 668 valence electrons. The molecule has 0 saturated heterocycles. The van der Waals surface area contributed by atoms with Crippen molar-refractivity contribution in [3.63, 3.8) is 0 Å². The van der Waals surface area contributed by atoms with E-state index in [1.165, 1.54) is 19.6 Å². The molecule has 20 nitrogen and oxygen atoms in total. The molecule has 20 heteroatoms. The molecule has 0 N–H and O–H groups in total. The van der Waals surface area contributed by atoms with Gasteiger partial charge in [0, 0.05) is 130 Å². The Bertz CT molecular complexity index is 7690. The minimum atomic E-state index is -0.594. The highest BCUT2D eigenvalue weighted by Crippen LogP contribution is 2.56. The van der Waals surface area contributed by atoms with Crippen molar-refractivity contribution in [3.05, 3.63) is 249 Å². The van der Waals surface area contributed by atoms with E-state index in [4.69, 9.17) is 28.4 Å². The number of fused-ring (bicyclic) bond motifs is 6. The number of hydrogen-bond donors (Lipinski definition) is 0. The van der Waals surface area contributed by atoms with Gasteiger partial charge in [0.1, 0.15) is 34.5 Å². The van der Waals surface area contributed by atoms with Crippen LogP contribution in [0, 0.1) is 0 Å². The van der Waals surface area contributed by atoms with Crippen LogP contribution in [-0.4, -0.2) is 130 Å². The van der Waals surface area contributed by atoms with Crippen LogP contribution in [0.3, 0.4) is 0 Å². The fraction of sp³-hybridized carbons (Fsp3) is 0.281. The van der Waals surface area contributed by atoms with Gasteiger partial charge >= 0.3 is 11.9 Å². The highest BCUT2D eigenvalue weighted by Gasteiger charge is 2.44. The van der Waals surface area contributed by atoms with Crippen molar-refractivity contribution in [1.82, 2.24) is 19.6 Å². The van der Waals surface area contributed by atoms with Crippen LogP contribution < -0.4 is 18.9 Å². The number of imide groups is 4. The van der Waals surface area contributed by atoms with Gasteiger partial charge in [0.25, 0.3) is 47.3 Å². The number of unbranched alkanes of at least 4 members (excludes halogenated alkanes) is 4.